The van der Waals surface area contributed by atoms with Crippen molar-refractivity contribution in [1.29, 1.82) is 0 Å². The van der Waals surface area contributed by atoms with Gasteiger partial charge in [0.2, 0.25) is 5.91 Å². The van der Waals surface area contributed by atoms with Crippen molar-refractivity contribution < 1.29 is 4.79 Å². The number of hydrogen-bond acceptors (Lipinski definition) is 3. The van der Waals surface area contributed by atoms with E-state index in [9.17, 15) is 4.79 Å². The number of amides is 1. The number of hydrogen-bond donors (Lipinski definition) is 2. The lowest BCUT2D eigenvalue weighted by molar-refractivity contribution is -0.118. The summed E-state index contributed by atoms with van der Waals surface area (Å²) < 4.78 is 0. The summed E-state index contributed by atoms with van der Waals surface area (Å²) >= 11 is 0. The van der Waals surface area contributed by atoms with Crippen LogP contribution in [0.3, 0.4) is 0 Å². The van der Waals surface area contributed by atoms with E-state index in [1.165, 1.54) is 5.56 Å². The second-order valence-electron chi connectivity index (χ2n) is 5.21. The minimum atomic E-state index is -0.0546. The molecule has 0 saturated heterocycles. The number of aryl methyl sites for hydroxylation is 1. The van der Waals surface area contributed by atoms with E-state index in [2.05, 4.69) is 28.6 Å². The summed E-state index contributed by atoms with van der Waals surface area (Å²) in [5.41, 5.74) is 3.24. The van der Waals surface area contributed by atoms with Crippen LogP contribution in [0.4, 0.5) is 17.2 Å². The molecule has 2 aromatic rings. The van der Waals surface area contributed by atoms with Crippen molar-refractivity contribution in [2.24, 2.45) is 5.92 Å². The number of aromatic nitrogens is 1. The molecule has 1 aromatic carbocycles. The number of rotatable bonds is 5. The molecule has 0 aliphatic rings. The van der Waals surface area contributed by atoms with Crippen molar-refractivity contribution in [3.63, 3.8) is 0 Å². The maximum absolute atomic E-state index is 11.6. The van der Waals surface area contributed by atoms with Crippen LogP contribution in [0.1, 0.15) is 26.3 Å². The van der Waals surface area contributed by atoms with Gasteiger partial charge < -0.3 is 10.6 Å². The van der Waals surface area contributed by atoms with Gasteiger partial charge in [-0.2, -0.15) is 0 Å². The third kappa shape index (κ3) is 4.05. The summed E-state index contributed by atoms with van der Waals surface area (Å²) in [6, 6.07) is 11.9. The van der Waals surface area contributed by atoms with Crippen LogP contribution in [-0.4, -0.2) is 10.9 Å². The van der Waals surface area contributed by atoms with E-state index in [0.717, 1.165) is 17.8 Å². The second-order valence-corrected chi connectivity index (χ2v) is 5.21. The fourth-order valence-electron chi connectivity index (χ4n) is 1.92. The highest BCUT2D eigenvalue weighted by Crippen LogP contribution is 2.21. The largest absolute Gasteiger partial charge is 0.354 e. The maximum atomic E-state index is 11.6. The molecule has 2 rings (SSSR count). The highest BCUT2D eigenvalue weighted by atomic mass is 16.1. The Balaban J connectivity index is 2.07. The molecule has 0 saturated carbocycles. The third-order valence-electron chi connectivity index (χ3n) is 3.22. The second kappa shape index (κ2) is 6.88. The zero-order valence-electron chi connectivity index (χ0n) is 12.7. The molecule has 0 unspecified atom stereocenters. The first-order valence-electron chi connectivity index (χ1n) is 7.22. The maximum Gasteiger partial charge on any atom is 0.228 e. The number of nitrogens with zero attached hydrogens (tertiary/aromatic N) is 1. The lowest BCUT2D eigenvalue weighted by Gasteiger charge is -2.11. The molecule has 110 valence electrons. The van der Waals surface area contributed by atoms with Gasteiger partial charge in [0, 0.05) is 11.6 Å². The molecule has 21 heavy (non-hydrogen) atoms. The van der Waals surface area contributed by atoms with Crippen LogP contribution in [0, 0.1) is 5.92 Å². The van der Waals surface area contributed by atoms with E-state index in [0.29, 0.717) is 5.82 Å². The number of benzene rings is 1. The highest BCUT2D eigenvalue weighted by Gasteiger charge is 2.07. The van der Waals surface area contributed by atoms with E-state index in [-0.39, 0.29) is 11.8 Å². The monoisotopic (exact) mass is 283 g/mol. The number of anilines is 3. The smallest absolute Gasteiger partial charge is 0.228 e. The lowest BCUT2D eigenvalue weighted by atomic mass is 10.1. The topological polar surface area (TPSA) is 54.0 Å². The van der Waals surface area contributed by atoms with Crippen LogP contribution in [0.2, 0.25) is 0 Å². The van der Waals surface area contributed by atoms with Crippen molar-refractivity contribution in [1.82, 2.24) is 4.98 Å². The Morgan fingerprint density at radius 3 is 2.57 bits per heavy atom. The van der Waals surface area contributed by atoms with Gasteiger partial charge in [0.05, 0.1) is 11.9 Å². The Morgan fingerprint density at radius 1 is 1.19 bits per heavy atom. The molecule has 0 fully saturated rings. The lowest BCUT2D eigenvalue weighted by Crippen LogP contribution is -2.18. The zero-order valence-corrected chi connectivity index (χ0v) is 12.7. The summed E-state index contributed by atoms with van der Waals surface area (Å²) in [6.45, 7) is 5.84. The molecule has 1 aromatic heterocycles. The molecule has 0 aliphatic heterocycles. The number of pyridine rings is 1. The van der Waals surface area contributed by atoms with Crippen molar-refractivity contribution >= 4 is 23.1 Å². The van der Waals surface area contributed by atoms with E-state index in [1.807, 2.05) is 38.1 Å². The van der Waals surface area contributed by atoms with Crippen LogP contribution in [0.25, 0.3) is 0 Å². The Labute approximate surface area is 125 Å². The SMILES string of the molecule is CCc1ccccc1Nc1ccc(NC(=O)C(C)C)nc1. The molecule has 0 bridgehead atoms. The normalized spacial score (nSPS) is 10.5. The van der Waals surface area contributed by atoms with Crippen molar-refractivity contribution in [2.75, 3.05) is 10.6 Å². The fourth-order valence-corrected chi connectivity index (χ4v) is 1.92. The van der Waals surface area contributed by atoms with Crippen LogP contribution in [0.15, 0.2) is 42.6 Å². The molecule has 4 heteroatoms. The number of para-hydroxylation sites is 1. The Hall–Kier alpha value is -2.36. The molecule has 0 spiro atoms. The van der Waals surface area contributed by atoms with E-state index < -0.39 is 0 Å². The van der Waals surface area contributed by atoms with Crippen LogP contribution in [0.5, 0.6) is 0 Å². The van der Waals surface area contributed by atoms with Crippen molar-refractivity contribution in [2.45, 2.75) is 27.2 Å². The first kappa shape index (κ1) is 15.0. The molecular formula is C17H21N3O. The van der Waals surface area contributed by atoms with Crippen LogP contribution < -0.4 is 10.6 Å². The molecule has 2 N–H and O–H groups in total. The van der Waals surface area contributed by atoms with Gasteiger partial charge in [0.1, 0.15) is 5.82 Å². The number of carbonyl (C=O) groups excluding carboxylic acids is 1. The van der Waals surface area contributed by atoms with Gasteiger partial charge >= 0.3 is 0 Å². The van der Waals surface area contributed by atoms with Gasteiger partial charge in [-0.3, -0.25) is 4.79 Å². The predicted molar refractivity (Wildman–Crippen MR) is 86.8 cm³/mol. The van der Waals surface area contributed by atoms with E-state index in [4.69, 9.17) is 0 Å². The predicted octanol–water partition coefficient (Wildman–Crippen LogP) is 3.98. The first-order chi connectivity index (χ1) is 10.1. The van der Waals surface area contributed by atoms with Crippen LogP contribution in [-0.2, 0) is 11.2 Å². The van der Waals surface area contributed by atoms with E-state index >= 15 is 0 Å². The molecule has 1 heterocycles. The van der Waals surface area contributed by atoms with Gasteiger partial charge in [-0.05, 0) is 30.2 Å². The molecule has 0 atom stereocenters. The van der Waals surface area contributed by atoms with Crippen LogP contribution >= 0.6 is 0 Å². The summed E-state index contributed by atoms with van der Waals surface area (Å²) in [5.74, 6) is 0.489. The number of carbonyl (C=O) groups is 1. The summed E-state index contributed by atoms with van der Waals surface area (Å²) in [6.07, 6.45) is 2.70. The summed E-state index contributed by atoms with van der Waals surface area (Å²) in [4.78, 5) is 15.9. The quantitative estimate of drug-likeness (QED) is 0.872. The highest BCUT2D eigenvalue weighted by molar-refractivity contribution is 5.91. The van der Waals surface area contributed by atoms with Gasteiger partial charge in [-0.1, -0.05) is 39.0 Å². The Kier molecular flexibility index (Phi) is 4.93. The Morgan fingerprint density at radius 2 is 1.95 bits per heavy atom. The molecule has 4 nitrogen and oxygen atoms in total. The average Bonchev–Trinajstić information content (AvgIpc) is 2.49. The standard InChI is InChI=1S/C17H21N3O/c1-4-13-7-5-6-8-15(13)19-14-9-10-16(18-11-14)20-17(21)12(2)3/h5-12,19H,4H2,1-3H3,(H,18,20,21). The molecule has 0 aliphatic carbocycles. The minimum absolute atomic E-state index is 0.0282. The van der Waals surface area contributed by atoms with Crippen molar-refractivity contribution in [3.8, 4) is 0 Å². The summed E-state index contributed by atoms with van der Waals surface area (Å²) in [7, 11) is 0. The zero-order chi connectivity index (χ0) is 15.2. The molecular weight excluding hydrogens is 262 g/mol. The van der Waals surface area contributed by atoms with Gasteiger partial charge in [-0.15, -0.1) is 0 Å². The third-order valence-corrected chi connectivity index (χ3v) is 3.22. The minimum Gasteiger partial charge on any atom is -0.354 e. The fraction of sp³-hybridized carbons (Fsp3) is 0.294. The van der Waals surface area contributed by atoms with Gasteiger partial charge in [0.15, 0.2) is 0 Å². The Bertz CT molecular complexity index is 606. The summed E-state index contributed by atoms with van der Waals surface area (Å²) in [5, 5.41) is 6.13. The molecule has 1 amide bonds. The van der Waals surface area contributed by atoms with Crippen molar-refractivity contribution in [3.05, 3.63) is 48.2 Å². The first-order valence-corrected chi connectivity index (χ1v) is 7.22. The van der Waals surface area contributed by atoms with Gasteiger partial charge in [-0.25, -0.2) is 4.98 Å². The van der Waals surface area contributed by atoms with Gasteiger partial charge in [0.25, 0.3) is 0 Å². The molecule has 0 radical (unpaired) electrons. The average molecular weight is 283 g/mol. The number of nitrogens with one attached hydrogen (secondary N) is 2. The van der Waals surface area contributed by atoms with E-state index in [1.54, 1.807) is 12.3 Å².